The van der Waals surface area contributed by atoms with Gasteiger partial charge in [-0.15, -0.1) is 0 Å². The summed E-state index contributed by atoms with van der Waals surface area (Å²) in [6.07, 6.45) is 0. The minimum absolute atomic E-state index is 0.119. The molecule has 3 nitrogen and oxygen atoms in total. The maximum absolute atomic E-state index is 5.74. The Morgan fingerprint density at radius 1 is 0.739 bits per heavy atom. The van der Waals surface area contributed by atoms with E-state index in [1.165, 1.54) is 0 Å². The molecule has 3 rings (SSSR count). The number of para-hydroxylation sites is 1. The third-order valence-corrected chi connectivity index (χ3v) is 3.70. The van der Waals surface area contributed by atoms with Crippen LogP contribution < -0.4 is 11.2 Å². The van der Waals surface area contributed by atoms with Crippen molar-refractivity contribution in [3.63, 3.8) is 0 Å². The lowest BCUT2D eigenvalue weighted by Gasteiger charge is -2.22. The fraction of sp³-hybridized carbons (Fsp3) is 0.0500. The standard InChI is InChI=1S/C20H19N3/c21-23-20(17-12-6-2-7-13-17)19(16-10-4-1-5-11-16)22-18-14-8-3-9-15-18/h1-15,19,22H,21H2/b23-20-/t19-/m0/s1. The van der Waals surface area contributed by atoms with E-state index in [-0.39, 0.29) is 6.04 Å². The van der Waals surface area contributed by atoms with Gasteiger partial charge >= 0.3 is 0 Å². The lowest BCUT2D eigenvalue weighted by molar-refractivity contribution is 1.01. The van der Waals surface area contributed by atoms with Crippen LogP contribution in [0.3, 0.4) is 0 Å². The number of rotatable bonds is 5. The summed E-state index contributed by atoms with van der Waals surface area (Å²) in [7, 11) is 0. The summed E-state index contributed by atoms with van der Waals surface area (Å²) in [6.45, 7) is 0. The first-order valence-electron chi connectivity index (χ1n) is 7.58. The quantitative estimate of drug-likeness (QED) is 0.421. The molecule has 1 atom stereocenters. The smallest absolute Gasteiger partial charge is 0.0964 e. The topological polar surface area (TPSA) is 50.4 Å². The van der Waals surface area contributed by atoms with E-state index in [0.717, 1.165) is 22.5 Å². The van der Waals surface area contributed by atoms with Gasteiger partial charge in [0, 0.05) is 11.3 Å². The van der Waals surface area contributed by atoms with Gasteiger partial charge in [0.2, 0.25) is 0 Å². The first-order chi connectivity index (χ1) is 11.4. The van der Waals surface area contributed by atoms with Gasteiger partial charge in [-0.25, -0.2) is 0 Å². The van der Waals surface area contributed by atoms with Crippen molar-refractivity contribution in [2.45, 2.75) is 6.04 Å². The number of nitrogens with two attached hydrogens (primary N) is 1. The van der Waals surface area contributed by atoms with E-state index in [1.807, 2.05) is 78.9 Å². The van der Waals surface area contributed by atoms with Crippen molar-refractivity contribution in [2.75, 3.05) is 5.32 Å². The molecule has 0 saturated carbocycles. The van der Waals surface area contributed by atoms with E-state index in [2.05, 4.69) is 22.6 Å². The molecule has 3 heteroatoms. The summed E-state index contributed by atoms with van der Waals surface area (Å²) in [5, 5.41) is 7.62. The van der Waals surface area contributed by atoms with Crippen LogP contribution in [0.5, 0.6) is 0 Å². The second-order valence-corrected chi connectivity index (χ2v) is 5.23. The van der Waals surface area contributed by atoms with Crippen molar-refractivity contribution in [1.82, 2.24) is 0 Å². The highest BCUT2D eigenvalue weighted by molar-refractivity contribution is 6.06. The average Bonchev–Trinajstić information content (AvgIpc) is 2.64. The Labute approximate surface area is 136 Å². The average molecular weight is 301 g/mol. The molecule has 23 heavy (non-hydrogen) atoms. The molecule has 3 aromatic carbocycles. The van der Waals surface area contributed by atoms with Gasteiger partial charge in [-0.05, 0) is 17.7 Å². The van der Waals surface area contributed by atoms with Crippen molar-refractivity contribution in [1.29, 1.82) is 0 Å². The number of nitrogens with one attached hydrogen (secondary N) is 1. The van der Waals surface area contributed by atoms with Gasteiger partial charge < -0.3 is 11.2 Å². The summed E-state index contributed by atoms with van der Waals surface area (Å²) in [6, 6.07) is 30.2. The number of nitrogens with zero attached hydrogens (tertiary/aromatic N) is 1. The molecule has 0 radical (unpaired) electrons. The number of hydrogen-bond donors (Lipinski definition) is 2. The molecule has 114 valence electrons. The predicted molar refractivity (Wildman–Crippen MR) is 96.4 cm³/mol. The van der Waals surface area contributed by atoms with Crippen LogP contribution in [-0.2, 0) is 0 Å². The second-order valence-electron chi connectivity index (χ2n) is 5.23. The van der Waals surface area contributed by atoms with Crippen LogP contribution in [0, 0.1) is 0 Å². The number of hydrazone groups is 1. The van der Waals surface area contributed by atoms with Crippen molar-refractivity contribution < 1.29 is 0 Å². The maximum Gasteiger partial charge on any atom is 0.0964 e. The van der Waals surface area contributed by atoms with E-state index < -0.39 is 0 Å². The molecular formula is C20H19N3. The van der Waals surface area contributed by atoms with Gasteiger partial charge in [0.15, 0.2) is 0 Å². The van der Waals surface area contributed by atoms with Crippen LogP contribution in [0.2, 0.25) is 0 Å². The molecule has 0 spiro atoms. The highest BCUT2D eigenvalue weighted by atomic mass is 15.1. The fourth-order valence-electron chi connectivity index (χ4n) is 2.58. The SMILES string of the molecule is N/N=C(/c1ccccc1)[C@@H](Nc1ccccc1)c1ccccc1. The van der Waals surface area contributed by atoms with Gasteiger partial charge in [0.1, 0.15) is 0 Å². The van der Waals surface area contributed by atoms with Gasteiger partial charge in [-0.2, -0.15) is 5.10 Å². The Kier molecular flexibility index (Phi) is 4.69. The zero-order chi connectivity index (χ0) is 15.9. The van der Waals surface area contributed by atoms with E-state index in [1.54, 1.807) is 0 Å². The molecule has 0 amide bonds. The monoisotopic (exact) mass is 301 g/mol. The summed E-state index contributed by atoms with van der Waals surface area (Å²) >= 11 is 0. The minimum atomic E-state index is -0.119. The first-order valence-corrected chi connectivity index (χ1v) is 7.58. The van der Waals surface area contributed by atoms with E-state index in [0.29, 0.717) is 0 Å². The van der Waals surface area contributed by atoms with Crippen molar-refractivity contribution in [3.05, 3.63) is 102 Å². The minimum Gasteiger partial charge on any atom is -0.373 e. The van der Waals surface area contributed by atoms with E-state index in [9.17, 15) is 0 Å². The van der Waals surface area contributed by atoms with Gasteiger partial charge in [0.05, 0.1) is 11.8 Å². The van der Waals surface area contributed by atoms with Crippen molar-refractivity contribution in [3.8, 4) is 0 Å². The van der Waals surface area contributed by atoms with Gasteiger partial charge in [0.25, 0.3) is 0 Å². The lowest BCUT2D eigenvalue weighted by atomic mass is 9.96. The Bertz CT molecular complexity index is 753. The molecule has 0 aromatic heterocycles. The number of anilines is 1. The Balaban J connectivity index is 2.01. The van der Waals surface area contributed by atoms with E-state index in [4.69, 9.17) is 5.84 Å². The summed E-state index contributed by atoms with van der Waals surface area (Å²) in [5.74, 6) is 5.74. The zero-order valence-corrected chi connectivity index (χ0v) is 12.8. The highest BCUT2D eigenvalue weighted by Gasteiger charge is 2.19. The molecule has 0 aliphatic rings. The molecule has 0 aliphatic carbocycles. The van der Waals surface area contributed by atoms with Crippen molar-refractivity contribution >= 4 is 11.4 Å². The maximum atomic E-state index is 5.74. The van der Waals surface area contributed by atoms with Gasteiger partial charge in [-0.3, -0.25) is 0 Å². The normalized spacial score (nSPS) is 12.6. The highest BCUT2D eigenvalue weighted by Crippen LogP contribution is 2.24. The zero-order valence-electron chi connectivity index (χ0n) is 12.8. The van der Waals surface area contributed by atoms with Crippen LogP contribution >= 0.6 is 0 Å². The van der Waals surface area contributed by atoms with Crippen LogP contribution in [0.15, 0.2) is 96.1 Å². The van der Waals surface area contributed by atoms with Crippen LogP contribution in [-0.4, -0.2) is 5.71 Å². The molecular weight excluding hydrogens is 282 g/mol. The molecule has 0 heterocycles. The van der Waals surface area contributed by atoms with E-state index >= 15 is 0 Å². The lowest BCUT2D eigenvalue weighted by Crippen LogP contribution is -2.23. The molecule has 0 bridgehead atoms. The molecule has 0 unspecified atom stereocenters. The third kappa shape index (κ3) is 3.58. The summed E-state index contributed by atoms with van der Waals surface area (Å²) in [4.78, 5) is 0. The molecule has 0 aliphatic heterocycles. The molecule has 0 saturated heterocycles. The Morgan fingerprint density at radius 2 is 1.26 bits per heavy atom. The van der Waals surface area contributed by atoms with Gasteiger partial charge in [-0.1, -0.05) is 78.9 Å². The summed E-state index contributed by atoms with van der Waals surface area (Å²) in [5.41, 5.74) is 3.95. The number of hydrogen-bond acceptors (Lipinski definition) is 3. The fourth-order valence-corrected chi connectivity index (χ4v) is 2.58. The first kappa shape index (κ1) is 14.9. The van der Waals surface area contributed by atoms with Crippen LogP contribution in [0.25, 0.3) is 0 Å². The predicted octanol–water partition coefficient (Wildman–Crippen LogP) is 4.20. The number of benzene rings is 3. The Hall–Kier alpha value is -3.07. The molecule has 3 N–H and O–H groups in total. The molecule has 3 aromatic rings. The second kappa shape index (κ2) is 7.27. The Morgan fingerprint density at radius 3 is 1.83 bits per heavy atom. The van der Waals surface area contributed by atoms with Crippen LogP contribution in [0.1, 0.15) is 17.2 Å². The third-order valence-electron chi connectivity index (χ3n) is 3.70. The largest absolute Gasteiger partial charge is 0.373 e. The van der Waals surface area contributed by atoms with Crippen LogP contribution in [0.4, 0.5) is 5.69 Å². The van der Waals surface area contributed by atoms with Crippen molar-refractivity contribution in [2.24, 2.45) is 10.9 Å². The summed E-state index contributed by atoms with van der Waals surface area (Å²) < 4.78 is 0. The molecule has 0 fully saturated rings.